The molecule has 1 aliphatic rings. The van der Waals surface area contributed by atoms with Crippen LogP contribution in [0.5, 0.6) is 0 Å². The van der Waals surface area contributed by atoms with Crippen molar-refractivity contribution in [1.82, 2.24) is 9.80 Å². The van der Waals surface area contributed by atoms with Gasteiger partial charge in [0.15, 0.2) is 0 Å². The lowest BCUT2D eigenvalue weighted by Crippen LogP contribution is -2.47. The summed E-state index contributed by atoms with van der Waals surface area (Å²) in [5, 5.41) is 17.2. The SMILES string of the molecule is CC(C#N)CN1CCN(CCC#N)CC1. The smallest absolute Gasteiger partial charge is 0.0666 e. The molecular formula is C11H18N4. The molecule has 1 atom stereocenters. The molecule has 1 fully saturated rings. The quantitative estimate of drug-likeness (QED) is 0.678. The first-order valence-corrected chi connectivity index (χ1v) is 5.47. The lowest BCUT2D eigenvalue weighted by molar-refractivity contribution is 0.128. The van der Waals surface area contributed by atoms with E-state index in [1.165, 1.54) is 0 Å². The van der Waals surface area contributed by atoms with Crippen molar-refractivity contribution in [2.24, 2.45) is 5.92 Å². The summed E-state index contributed by atoms with van der Waals surface area (Å²) >= 11 is 0. The van der Waals surface area contributed by atoms with Crippen LogP contribution >= 0.6 is 0 Å². The van der Waals surface area contributed by atoms with Crippen LogP contribution in [-0.4, -0.2) is 49.1 Å². The van der Waals surface area contributed by atoms with E-state index in [0.29, 0.717) is 6.42 Å². The molecule has 0 N–H and O–H groups in total. The molecule has 0 saturated carbocycles. The van der Waals surface area contributed by atoms with Crippen molar-refractivity contribution in [2.45, 2.75) is 13.3 Å². The topological polar surface area (TPSA) is 54.1 Å². The fourth-order valence-electron chi connectivity index (χ4n) is 1.83. The van der Waals surface area contributed by atoms with Crippen LogP contribution in [0.1, 0.15) is 13.3 Å². The number of hydrogen-bond acceptors (Lipinski definition) is 4. The fraction of sp³-hybridized carbons (Fsp3) is 0.818. The third kappa shape index (κ3) is 4.29. The maximum Gasteiger partial charge on any atom is 0.0666 e. The van der Waals surface area contributed by atoms with Crippen molar-refractivity contribution in [3.05, 3.63) is 0 Å². The van der Waals surface area contributed by atoms with Gasteiger partial charge in [0.25, 0.3) is 0 Å². The summed E-state index contributed by atoms with van der Waals surface area (Å²) in [5.41, 5.74) is 0. The first-order valence-electron chi connectivity index (χ1n) is 5.47. The first kappa shape index (κ1) is 12.0. The molecule has 15 heavy (non-hydrogen) atoms. The van der Waals surface area contributed by atoms with Crippen LogP contribution in [0.4, 0.5) is 0 Å². The Morgan fingerprint density at radius 3 is 2.27 bits per heavy atom. The molecule has 0 radical (unpaired) electrons. The average Bonchev–Trinajstić information content (AvgIpc) is 2.28. The molecule has 4 nitrogen and oxygen atoms in total. The Kier molecular flexibility index (Phi) is 5.10. The van der Waals surface area contributed by atoms with Gasteiger partial charge in [0.05, 0.1) is 18.1 Å². The van der Waals surface area contributed by atoms with Crippen LogP contribution in [0, 0.1) is 28.6 Å². The summed E-state index contributed by atoms with van der Waals surface area (Å²) in [4.78, 5) is 4.65. The Morgan fingerprint density at radius 2 is 1.73 bits per heavy atom. The molecule has 0 aromatic heterocycles. The summed E-state index contributed by atoms with van der Waals surface area (Å²) in [6, 6.07) is 4.43. The monoisotopic (exact) mass is 206 g/mol. The summed E-state index contributed by atoms with van der Waals surface area (Å²) in [5.74, 6) is 0.121. The highest BCUT2D eigenvalue weighted by Gasteiger charge is 2.17. The Labute approximate surface area is 91.7 Å². The third-order valence-corrected chi connectivity index (χ3v) is 2.76. The van der Waals surface area contributed by atoms with Gasteiger partial charge in [0.1, 0.15) is 0 Å². The molecule has 4 heteroatoms. The maximum atomic E-state index is 8.71. The van der Waals surface area contributed by atoms with Crippen LogP contribution in [0.3, 0.4) is 0 Å². The maximum absolute atomic E-state index is 8.71. The van der Waals surface area contributed by atoms with E-state index < -0.39 is 0 Å². The van der Waals surface area contributed by atoms with Crippen molar-refractivity contribution >= 4 is 0 Å². The molecule has 0 amide bonds. The van der Waals surface area contributed by atoms with E-state index in [1.54, 1.807) is 0 Å². The minimum absolute atomic E-state index is 0.121. The van der Waals surface area contributed by atoms with Crippen molar-refractivity contribution in [3.63, 3.8) is 0 Å². The number of nitriles is 2. The minimum Gasteiger partial charge on any atom is -0.300 e. The Bertz CT molecular complexity index is 255. The molecule has 1 unspecified atom stereocenters. The van der Waals surface area contributed by atoms with Gasteiger partial charge in [-0.1, -0.05) is 0 Å². The van der Waals surface area contributed by atoms with Gasteiger partial charge in [0.2, 0.25) is 0 Å². The van der Waals surface area contributed by atoms with Gasteiger partial charge in [-0.25, -0.2) is 0 Å². The second kappa shape index (κ2) is 6.40. The first-order chi connectivity index (χ1) is 7.26. The van der Waals surface area contributed by atoms with E-state index in [1.807, 2.05) is 6.92 Å². The van der Waals surface area contributed by atoms with Gasteiger partial charge in [-0.15, -0.1) is 0 Å². The fourth-order valence-corrected chi connectivity index (χ4v) is 1.83. The summed E-state index contributed by atoms with van der Waals surface area (Å²) in [6.45, 7) is 7.83. The lowest BCUT2D eigenvalue weighted by Gasteiger charge is -2.34. The van der Waals surface area contributed by atoms with Crippen molar-refractivity contribution in [2.75, 3.05) is 39.3 Å². The van der Waals surface area contributed by atoms with Crippen LogP contribution in [0.25, 0.3) is 0 Å². The predicted molar refractivity (Wildman–Crippen MR) is 57.9 cm³/mol. The molecule has 0 aromatic rings. The minimum atomic E-state index is 0.121. The van der Waals surface area contributed by atoms with Gasteiger partial charge in [-0.05, 0) is 6.92 Å². The average molecular weight is 206 g/mol. The number of hydrogen-bond donors (Lipinski definition) is 0. The van der Waals surface area contributed by atoms with Gasteiger partial charge < -0.3 is 0 Å². The second-order valence-electron chi connectivity index (χ2n) is 4.08. The van der Waals surface area contributed by atoms with E-state index in [4.69, 9.17) is 10.5 Å². The van der Waals surface area contributed by atoms with Gasteiger partial charge >= 0.3 is 0 Å². The van der Waals surface area contributed by atoms with Gasteiger partial charge in [0, 0.05) is 45.7 Å². The van der Waals surface area contributed by atoms with Crippen LogP contribution in [0.15, 0.2) is 0 Å². The van der Waals surface area contributed by atoms with Gasteiger partial charge in [-0.2, -0.15) is 10.5 Å². The molecule has 1 aliphatic heterocycles. The van der Waals surface area contributed by atoms with E-state index in [-0.39, 0.29) is 5.92 Å². The largest absolute Gasteiger partial charge is 0.300 e. The Balaban J connectivity index is 2.19. The van der Waals surface area contributed by atoms with E-state index in [0.717, 1.165) is 39.3 Å². The Hall–Kier alpha value is -1.10. The summed E-state index contributed by atoms with van der Waals surface area (Å²) in [7, 11) is 0. The molecule has 0 aromatic carbocycles. The lowest BCUT2D eigenvalue weighted by atomic mass is 10.2. The van der Waals surface area contributed by atoms with E-state index in [2.05, 4.69) is 21.9 Å². The second-order valence-corrected chi connectivity index (χ2v) is 4.08. The highest BCUT2D eigenvalue weighted by atomic mass is 15.3. The molecule has 0 spiro atoms. The highest BCUT2D eigenvalue weighted by Crippen LogP contribution is 2.05. The van der Waals surface area contributed by atoms with Crippen LogP contribution in [0.2, 0.25) is 0 Å². The van der Waals surface area contributed by atoms with Crippen molar-refractivity contribution < 1.29 is 0 Å². The predicted octanol–water partition coefficient (Wildman–Crippen LogP) is 0.677. The van der Waals surface area contributed by atoms with Crippen molar-refractivity contribution in [3.8, 4) is 12.1 Å². The molecule has 1 rings (SSSR count). The number of rotatable bonds is 4. The van der Waals surface area contributed by atoms with Crippen molar-refractivity contribution in [1.29, 1.82) is 10.5 Å². The Morgan fingerprint density at radius 1 is 1.13 bits per heavy atom. The van der Waals surface area contributed by atoms with Gasteiger partial charge in [-0.3, -0.25) is 9.80 Å². The van der Waals surface area contributed by atoms with Crippen LogP contribution in [-0.2, 0) is 0 Å². The third-order valence-electron chi connectivity index (χ3n) is 2.76. The zero-order chi connectivity index (χ0) is 11.1. The molecule has 1 saturated heterocycles. The zero-order valence-corrected chi connectivity index (χ0v) is 9.32. The molecule has 0 bridgehead atoms. The zero-order valence-electron chi connectivity index (χ0n) is 9.32. The highest BCUT2D eigenvalue weighted by molar-refractivity contribution is 4.84. The van der Waals surface area contributed by atoms with E-state index >= 15 is 0 Å². The van der Waals surface area contributed by atoms with Crippen LogP contribution < -0.4 is 0 Å². The molecule has 82 valence electrons. The van der Waals surface area contributed by atoms with E-state index in [9.17, 15) is 0 Å². The number of piperazine rings is 1. The number of nitrogens with zero attached hydrogens (tertiary/aromatic N) is 4. The normalized spacial score (nSPS) is 20.5. The summed E-state index contributed by atoms with van der Waals surface area (Å²) < 4.78 is 0. The molecular weight excluding hydrogens is 188 g/mol. The molecule has 0 aliphatic carbocycles. The summed E-state index contributed by atoms with van der Waals surface area (Å²) in [6.07, 6.45) is 0.620. The standard InChI is InChI=1S/C11H18N4/c1-11(9-13)10-15-7-5-14(6-8-15)4-2-3-12/h11H,2,4-8,10H2,1H3. The molecule has 1 heterocycles.